The van der Waals surface area contributed by atoms with E-state index in [2.05, 4.69) is 42.8 Å². The van der Waals surface area contributed by atoms with Gasteiger partial charge in [0.25, 0.3) is 0 Å². The summed E-state index contributed by atoms with van der Waals surface area (Å²) in [7, 11) is 0. The third kappa shape index (κ3) is 11.2. The van der Waals surface area contributed by atoms with Gasteiger partial charge in [-0.25, -0.2) is 15.0 Å². The summed E-state index contributed by atoms with van der Waals surface area (Å²) in [5.74, 6) is -0.662. The summed E-state index contributed by atoms with van der Waals surface area (Å²) in [6.45, 7) is 1.17. The van der Waals surface area contributed by atoms with Gasteiger partial charge in [0, 0.05) is 6.42 Å². The predicted molar refractivity (Wildman–Crippen MR) is 164 cm³/mol. The number of aromatic amines is 1. The molecule has 8 N–H and O–H groups in total. The van der Waals surface area contributed by atoms with E-state index in [1.54, 1.807) is 0 Å². The molecule has 0 saturated carbocycles. The Morgan fingerprint density at radius 3 is 2.18 bits per heavy atom. The molecular formula is C30H51N7O7. The standard InChI is InChI=1S/C30H51N7O7/c1-2-3-4-5-6-7-8-9-10-11-12-13-14-15-21(40)31-16-22(41)36-23-25(42)26(43)30(44-27(23)20(39)17-38)37-29-24-28(33-18-32-24)34-19-35-29/h18-20,23,25-27,30,38-39,42-43H,2-17H2,1H3,(H,31,40)(H,36,41)(H2,32,33,34,35,37)/t20-,23+,25+,26+,27-,30-/m0/s1. The largest absolute Gasteiger partial charge is 0.394 e. The zero-order chi connectivity index (χ0) is 31.7. The molecule has 0 aliphatic carbocycles. The molecule has 2 amide bonds. The normalized spacial score (nSPS) is 22.5. The van der Waals surface area contributed by atoms with Crippen LogP contribution in [0.3, 0.4) is 0 Å². The lowest BCUT2D eigenvalue weighted by Gasteiger charge is -2.44. The first-order valence-corrected chi connectivity index (χ1v) is 16.1. The first-order valence-electron chi connectivity index (χ1n) is 16.1. The highest BCUT2D eigenvalue weighted by molar-refractivity contribution is 5.85. The van der Waals surface area contributed by atoms with Gasteiger partial charge in [-0.05, 0) is 6.42 Å². The minimum absolute atomic E-state index is 0.231. The van der Waals surface area contributed by atoms with E-state index in [-0.39, 0.29) is 18.3 Å². The number of nitrogens with one attached hydrogen (secondary N) is 4. The number of aromatic nitrogens is 4. The van der Waals surface area contributed by atoms with Gasteiger partial charge < -0.3 is 46.1 Å². The Morgan fingerprint density at radius 2 is 1.55 bits per heavy atom. The van der Waals surface area contributed by atoms with Crippen LogP contribution >= 0.6 is 0 Å². The lowest BCUT2D eigenvalue weighted by molar-refractivity contribution is -0.204. The van der Waals surface area contributed by atoms with Crippen LogP contribution in [0.4, 0.5) is 5.82 Å². The second kappa shape index (κ2) is 19.5. The van der Waals surface area contributed by atoms with Crippen LogP contribution in [0.2, 0.25) is 0 Å². The molecule has 2 aromatic heterocycles. The Balaban J connectivity index is 1.35. The third-order valence-corrected chi connectivity index (χ3v) is 8.04. The van der Waals surface area contributed by atoms with Crippen molar-refractivity contribution >= 4 is 28.8 Å². The lowest BCUT2D eigenvalue weighted by atomic mass is 9.92. The van der Waals surface area contributed by atoms with Gasteiger partial charge in [-0.1, -0.05) is 84.0 Å². The number of aliphatic hydroxyl groups excluding tert-OH is 4. The predicted octanol–water partition coefficient (Wildman–Crippen LogP) is 1.65. The second-order valence-electron chi connectivity index (χ2n) is 11.6. The van der Waals surface area contributed by atoms with Gasteiger partial charge >= 0.3 is 0 Å². The molecule has 14 nitrogen and oxygen atoms in total. The van der Waals surface area contributed by atoms with E-state index in [1.807, 2.05) is 0 Å². The summed E-state index contributed by atoms with van der Waals surface area (Å²) >= 11 is 0. The first-order chi connectivity index (χ1) is 21.3. The van der Waals surface area contributed by atoms with Gasteiger partial charge in [0.15, 0.2) is 17.7 Å². The van der Waals surface area contributed by atoms with Crippen molar-refractivity contribution in [3.63, 3.8) is 0 Å². The quantitative estimate of drug-likeness (QED) is 0.0938. The van der Waals surface area contributed by atoms with Gasteiger partial charge in [0.05, 0.1) is 25.5 Å². The van der Waals surface area contributed by atoms with Crippen molar-refractivity contribution in [3.8, 4) is 0 Å². The van der Waals surface area contributed by atoms with Crippen LogP contribution in [0.1, 0.15) is 96.8 Å². The van der Waals surface area contributed by atoms with E-state index < -0.39 is 49.2 Å². The molecule has 1 fully saturated rings. The highest BCUT2D eigenvalue weighted by atomic mass is 16.5. The van der Waals surface area contributed by atoms with Crippen LogP contribution in [0, 0.1) is 0 Å². The van der Waals surface area contributed by atoms with Crippen LogP contribution in [0.25, 0.3) is 11.2 Å². The summed E-state index contributed by atoms with van der Waals surface area (Å²) in [6.07, 6.45) is 11.5. The Bertz CT molecular complexity index is 1120. The molecule has 2 aromatic rings. The number of fused-ring (bicyclic) bond motifs is 1. The highest BCUT2D eigenvalue weighted by Gasteiger charge is 2.48. The maximum absolute atomic E-state index is 12.6. The van der Waals surface area contributed by atoms with E-state index >= 15 is 0 Å². The van der Waals surface area contributed by atoms with E-state index in [9.17, 15) is 30.0 Å². The summed E-state index contributed by atoms with van der Waals surface area (Å²) in [4.78, 5) is 39.9. The molecule has 0 unspecified atom stereocenters. The van der Waals surface area contributed by atoms with Crippen molar-refractivity contribution in [3.05, 3.63) is 12.7 Å². The average molecular weight is 622 g/mol. The van der Waals surface area contributed by atoms with Crippen molar-refractivity contribution < 1.29 is 34.8 Å². The van der Waals surface area contributed by atoms with Gasteiger partial charge in [0.1, 0.15) is 36.3 Å². The molecule has 6 atom stereocenters. The zero-order valence-corrected chi connectivity index (χ0v) is 25.8. The summed E-state index contributed by atoms with van der Waals surface area (Å²) < 4.78 is 5.79. The van der Waals surface area contributed by atoms with E-state index in [4.69, 9.17) is 4.74 Å². The highest BCUT2D eigenvalue weighted by Crippen LogP contribution is 2.26. The molecule has 1 saturated heterocycles. The van der Waals surface area contributed by atoms with Crippen molar-refractivity contribution in [2.75, 3.05) is 18.5 Å². The van der Waals surface area contributed by atoms with Crippen molar-refractivity contribution in [1.29, 1.82) is 0 Å². The SMILES string of the molecule is CCCCCCCCCCCCCCCC(=O)NCC(=O)N[C@@H]1[C@@H](O)[C@@H](O)[C@@H](Nc2ncnc3nc[nH]c23)O[C@H]1[C@@H](O)CO. The topological polar surface area (TPSA) is 215 Å². The number of unbranched alkanes of at least 4 members (excludes halogenated alkanes) is 12. The minimum atomic E-state index is -1.59. The number of ether oxygens (including phenoxy) is 1. The molecule has 0 spiro atoms. The number of anilines is 1. The van der Waals surface area contributed by atoms with Crippen LogP contribution in [0.5, 0.6) is 0 Å². The number of aliphatic hydroxyl groups is 4. The lowest BCUT2D eigenvalue weighted by Crippen LogP contribution is -2.68. The Morgan fingerprint density at radius 1 is 0.909 bits per heavy atom. The number of hydrogen-bond acceptors (Lipinski definition) is 11. The molecule has 248 valence electrons. The third-order valence-electron chi connectivity index (χ3n) is 8.04. The molecule has 14 heteroatoms. The number of hydrogen-bond donors (Lipinski definition) is 8. The van der Waals surface area contributed by atoms with E-state index in [0.29, 0.717) is 17.6 Å². The molecule has 44 heavy (non-hydrogen) atoms. The monoisotopic (exact) mass is 621 g/mol. The Hall–Kier alpha value is -2.91. The smallest absolute Gasteiger partial charge is 0.239 e. The zero-order valence-electron chi connectivity index (χ0n) is 25.8. The number of imidazole rings is 1. The number of H-pyrrole nitrogens is 1. The maximum atomic E-state index is 12.6. The van der Waals surface area contributed by atoms with E-state index in [0.717, 1.165) is 19.3 Å². The first kappa shape index (κ1) is 35.6. The fraction of sp³-hybridized carbons (Fsp3) is 0.767. The Labute approximate surface area is 258 Å². The van der Waals surface area contributed by atoms with Crippen molar-refractivity contribution in [2.24, 2.45) is 0 Å². The summed E-state index contributed by atoms with van der Waals surface area (Å²) in [5.41, 5.74) is 0.795. The molecule has 3 heterocycles. The molecule has 1 aliphatic rings. The number of rotatable bonds is 21. The number of amides is 2. The van der Waals surface area contributed by atoms with Gasteiger partial charge in [-0.3, -0.25) is 9.59 Å². The maximum Gasteiger partial charge on any atom is 0.239 e. The van der Waals surface area contributed by atoms with Gasteiger partial charge in [-0.15, -0.1) is 0 Å². The van der Waals surface area contributed by atoms with Crippen LogP contribution < -0.4 is 16.0 Å². The molecule has 0 radical (unpaired) electrons. The summed E-state index contributed by atoms with van der Waals surface area (Å²) in [5, 5.41) is 49.6. The van der Waals surface area contributed by atoms with Crippen LogP contribution in [-0.2, 0) is 14.3 Å². The van der Waals surface area contributed by atoms with Crippen LogP contribution in [-0.4, -0.2) is 102 Å². The average Bonchev–Trinajstić information content (AvgIpc) is 3.51. The Kier molecular flexibility index (Phi) is 15.7. The van der Waals surface area contributed by atoms with Crippen LogP contribution in [0.15, 0.2) is 12.7 Å². The molecule has 0 aromatic carbocycles. The van der Waals surface area contributed by atoms with Crippen molar-refractivity contribution in [2.45, 2.75) is 134 Å². The van der Waals surface area contributed by atoms with Crippen molar-refractivity contribution in [1.82, 2.24) is 30.6 Å². The fourth-order valence-electron chi connectivity index (χ4n) is 5.46. The fourth-order valence-corrected chi connectivity index (χ4v) is 5.46. The van der Waals surface area contributed by atoms with Gasteiger partial charge in [-0.2, -0.15) is 0 Å². The second-order valence-corrected chi connectivity index (χ2v) is 11.6. The molecular weight excluding hydrogens is 570 g/mol. The number of carbonyl (C=O) groups is 2. The van der Waals surface area contributed by atoms with Gasteiger partial charge in [0.2, 0.25) is 11.8 Å². The number of nitrogens with zero attached hydrogens (tertiary/aromatic N) is 3. The molecule has 0 bridgehead atoms. The summed E-state index contributed by atoms with van der Waals surface area (Å²) in [6, 6.07) is -1.27. The number of carbonyl (C=O) groups excluding carboxylic acids is 2. The molecule has 3 rings (SSSR count). The molecule has 1 aliphatic heterocycles. The minimum Gasteiger partial charge on any atom is -0.394 e. The van der Waals surface area contributed by atoms with E-state index in [1.165, 1.54) is 76.9 Å².